The Morgan fingerprint density at radius 3 is 2.41 bits per heavy atom. The molecule has 0 aliphatic carbocycles. The first-order valence-electron chi connectivity index (χ1n) is 9.04. The Kier molecular flexibility index (Phi) is 6.23. The van der Waals surface area contributed by atoms with Gasteiger partial charge in [0.25, 0.3) is 5.91 Å². The van der Waals surface area contributed by atoms with Crippen LogP contribution < -0.4 is 10.2 Å². The summed E-state index contributed by atoms with van der Waals surface area (Å²) < 4.78 is 9.70. The molecular weight excluding hydrogens is 376 g/mol. The lowest BCUT2D eigenvalue weighted by atomic mass is 10.2. The molecule has 2 aromatic carbocycles. The van der Waals surface area contributed by atoms with E-state index in [9.17, 15) is 19.2 Å². The lowest BCUT2D eigenvalue weighted by Crippen LogP contribution is -2.24. The SMILES string of the molecule is COC(=O)c1ccccc1NC(=O)COC(=O)c1ccc(N2CCCC2=O)cc1. The normalized spacial score (nSPS) is 13.1. The molecule has 0 saturated carbocycles. The first-order chi connectivity index (χ1) is 14.0. The van der Waals surface area contributed by atoms with Crippen molar-refractivity contribution in [1.29, 1.82) is 0 Å². The van der Waals surface area contributed by atoms with E-state index in [1.165, 1.54) is 13.2 Å². The topological polar surface area (TPSA) is 102 Å². The van der Waals surface area contributed by atoms with Crippen molar-refractivity contribution in [1.82, 2.24) is 0 Å². The van der Waals surface area contributed by atoms with Gasteiger partial charge in [-0.15, -0.1) is 0 Å². The van der Waals surface area contributed by atoms with Crippen molar-refractivity contribution in [3.05, 3.63) is 59.7 Å². The summed E-state index contributed by atoms with van der Waals surface area (Å²) in [7, 11) is 1.24. The third-order valence-electron chi connectivity index (χ3n) is 4.43. The molecule has 0 spiro atoms. The first kappa shape index (κ1) is 20.1. The van der Waals surface area contributed by atoms with Gasteiger partial charge in [-0.2, -0.15) is 0 Å². The van der Waals surface area contributed by atoms with Gasteiger partial charge >= 0.3 is 11.9 Å². The van der Waals surface area contributed by atoms with Gasteiger partial charge in [-0.3, -0.25) is 9.59 Å². The molecule has 1 heterocycles. The number of methoxy groups -OCH3 is 1. The Labute approximate surface area is 167 Å². The predicted octanol–water partition coefficient (Wildman–Crippen LogP) is 2.40. The van der Waals surface area contributed by atoms with Gasteiger partial charge in [-0.1, -0.05) is 12.1 Å². The number of para-hydroxylation sites is 1. The summed E-state index contributed by atoms with van der Waals surface area (Å²) in [6.45, 7) is 0.149. The quantitative estimate of drug-likeness (QED) is 0.753. The molecule has 2 aromatic rings. The number of rotatable bonds is 6. The molecular formula is C21H20N2O6. The van der Waals surface area contributed by atoms with Gasteiger partial charge in [-0.05, 0) is 42.8 Å². The number of benzene rings is 2. The van der Waals surface area contributed by atoms with E-state index in [0.29, 0.717) is 13.0 Å². The van der Waals surface area contributed by atoms with E-state index in [-0.39, 0.29) is 22.7 Å². The second kappa shape index (κ2) is 9.01. The van der Waals surface area contributed by atoms with Crippen LogP contribution in [0.3, 0.4) is 0 Å². The van der Waals surface area contributed by atoms with Crippen molar-refractivity contribution in [3.63, 3.8) is 0 Å². The Morgan fingerprint density at radius 1 is 1.03 bits per heavy atom. The average Bonchev–Trinajstić information content (AvgIpc) is 3.17. The zero-order valence-corrected chi connectivity index (χ0v) is 15.8. The van der Waals surface area contributed by atoms with E-state index in [0.717, 1.165) is 12.1 Å². The third-order valence-corrected chi connectivity index (χ3v) is 4.43. The maximum absolute atomic E-state index is 12.2. The van der Waals surface area contributed by atoms with Crippen LogP contribution in [0.5, 0.6) is 0 Å². The van der Waals surface area contributed by atoms with Crippen LogP contribution >= 0.6 is 0 Å². The van der Waals surface area contributed by atoms with Crippen LogP contribution in [-0.4, -0.2) is 44.0 Å². The fourth-order valence-electron chi connectivity index (χ4n) is 2.98. The van der Waals surface area contributed by atoms with Crippen molar-refractivity contribution in [2.45, 2.75) is 12.8 Å². The summed E-state index contributed by atoms with van der Waals surface area (Å²) in [5.74, 6) is -1.78. The minimum atomic E-state index is -0.666. The number of carbonyl (C=O) groups excluding carboxylic acids is 4. The van der Waals surface area contributed by atoms with Gasteiger partial charge in [0.15, 0.2) is 6.61 Å². The molecule has 8 nitrogen and oxygen atoms in total. The van der Waals surface area contributed by atoms with E-state index in [1.54, 1.807) is 47.4 Å². The number of nitrogens with one attached hydrogen (secondary N) is 1. The monoisotopic (exact) mass is 396 g/mol. The minimum Gasteiger partial charge on any atom is -0.465 e. The van der Waals surface area contributed by atoms with E-state index in [1.807, 2.05) is 0 Å². The predicted molar refractivity (Wildman–Crippen MR) is 105 cm³/mol. The van der Waals surface area contributed by atoms with E-state index in [4.69, 9.17) is 4.74 Å². The molecule has 150 valence electrons. The molecule has 0 unspecified atom stereocenters. The summed E-state index contributed by atoms with van der Waals surface area (Å²) in [6, 6.07) is 12.8. The van der Waals surface area contributed by atoms with Crippen molar-refractivity contribution in [2.75, 3.05) is 30.5 Å². The Morgan fingerprint density at radius 2 is 1.76 bits per heavy atom. The third kappa shape index (κ3) is 4.78. The van der Waals surface area contributed by atoms with Gasteiger partial charge in [0, 0.05) is 18.7 Å². The van der Waals surface area contributed by atoms with Crippen molar-refractivity contribution in [2.24, 2.45) is 0 Å². The lowest BCUT2D eigenvalue weighted by molar-refractivity contribution is -0.119. The summed E-state index contributed by atoms with van der Waals surface area (Å²) >= 11 is 0. The Balaban J connectivity index is 1.56. The standard InChI is InChI=1S/C21H20N2O6/c1-28-21(27)16-5-2-3-6-17(16)22-18(24)13-29-20(26)14-8-10-15(11-9-14)23-12-4-7-19(23)25/h2-3,5-6,8-11H,4,7,12-13H2,1H3,(H,22,24). The molecule has 8 heteroatoms. The number of ether oxygens (including phenoxy) is 2. The first-order valence-corrected chi connectivity index (χ1v) is 9.04. The molecule has 1 saturated heterocycles. The van der Waals surface area contributed by atoms with Crippen molar-refractivity contribution < 1.29 is 28.7 Å². The second-order valence-electron chi connectivity index (χ2n) is 6.36. The average molecular weight is 396 g/mol. The number of nitrogens with zero attached hydrogens (tertiary/aromatic N) is 1. The number of hydrogen-bond donors (Lipinski definition) is 1. The molecule has 0 radical (unpaired) electrons. The summed E-state index contributed by atoms with van der Waals surface area (Å²) in [4.78, 5) is 49.4. The number of carbonyl (C=O) groups is 4. The largest absolute Gasteiger partial charge is 0.465 e. The van der Waals surface area contributed by atoms with Crippen molar-refractivity contribution >= 4 is 35.1 Å². The van der Waals surface area contributed by atoms with Crippen LogP contribution in [0.1, 0.15) is 33.6 Å². The molecule has 3 rings (SSSR count). The maximum atomic E-state index is 12.2. The molecule has 29 heavy (non-hydrogen) atoms. The second-order valence-corrected chi connectivity index (χ2v) is 6.36. The lowest BCUT2D eigenvalue weighted by Gasteiger charge is -2.15. The molecule has 0 aromatic heterocycles. The van der Waals surface area contributed by atoms with Crippen LogP contribution in [-0.2, 0) is 19.1 Å². The molecule has 0 bridgehead atoms. The molecule has 2 amide bonds. The molecule has 0 atom stereocenters. The molecule has 1 aliphatic heterocycles. The minimum absolute atomic E-state index is 0.0595. The van der Waals surface area contributed by atoms with E-state index in [2.05, 4.69) is 10.1 Å². The van der Waals surface area contributed by atoms with Gasteiger partial charge in [0.2, 0.25) is 5.91 Å². The highest BCUT2D eigenvalue weighted by molar-refractivity contribution is 6.02. The van der Waals surface area contributed by atoms with Gasteiger partial charge in [-0.25, -0.2) is 9.59 Å². The van der Waals surface area contributed by atoms with Gasteiger partial charge < -0.3 is 19.7 Å². The number of anilines is 2. The fourth-order valence-corrected chi connectivity index (χ4v) is 2.98. The zero-order valence-electron chi connectivity index (χ0n) is 15.8. The molecule has 1 fully saturated rings. The highest BCUT2D eigenvalue weighted by Crippen LogP contribution is 2.22. The highest BCUT2D eigenvalue weighted by atomic mass is 16.5. The molecule has 1 N–H and O–H groups in total. The van der Waals surface area contributed by atoms with E-state index < -0.39 is 24.5 Å². The number of hydrogen-bond acceptors (Lipinski definition) is 6. The summed E-state index contributed by atoms with van der Waals surface area (Å²) in [6.07, 6.45) is 1.34. The van der Waals surface area contributed by atoms with Crippen LogP contribution in [0.2, 0.25) is 0 Å². The van der Waals surface area contributed by atoms with Crippen molar-refractivity contribution in [3.8, 4) is 0 Å². The van der Waals surface area contributed by atoms with Crippen LogP contribution in [0.4, 0.5) is 11.4 Å². The van der Waals surface area contributed by atoms with E-state index >= 15 is 0 Å². The van der Waals surface area contributed by atoms with Crippen LogP contribution in [0, 0.1) is 0 Å². The highest BCUT2D eigenvalue weighted by Gasteiger charge is 2.22. The Hall–Kier alpha value is -3.68. The fraction of sp³-hybridized carbons (Fsp3) is 0.238. The summed E-state index contributed by atoms with van der Waals surface area (Å²) in [5, 5.41) is 2.52. The van der Waals surface area contributed by atoms with Crippen LogP contribution in [0.15, 0.2) is 48.5 Å². The van der Waals surface area contributed by atoms with Crippen LogP contribution in [0.25, 0.3) is 0 Å². The summed E-state index contributed by atoms with van der Waals surface area (Å²) in [5.41, 5.74) is 1.45. The smallest absolute Gasteiger partial charge is 0.339 e. The van der Waals surface area contributed by atoms with Gasteiger partial charge in [0.1, 0.15) is 0 Å². The number of esters is 2. The Bertz CT molecular complexity index is 938. The number of amides is 2. The van der Waals surface area contributed by atoms with Gasteiger partial charge in [0.05, 0.1) is 23.9 Å². The zero-order chi connectivity index (χ0) is 20.8. The maximum Gasteiger partial charge on any atom is 0.339 e. The molecule has 1 aliphatic rings.